The number of hydrogen-bond acceptors (Lipinski definition) is 6. The molecule has 34 heavy (non-hydrogen) atoms. The fourth-order valence-electron chi connectivity index (χ4n) is 2.88. The highest BCUT2D eigenvalue weighted by molar-refractivity contribution is 6.21. The smallest absolute Gasteiger partial charge is 0.338 e. The second-order valence-corrected chi connectivity index (χ2v) is 7.73. The van der Waals surface area contributed by atoms with Crippen LogP contribution in [0.15, 0.2) is 96.2 Å². The topological polar surface area (TPSA) is 74.2 Å². The minimum atomic E-state index is -1.92. The average molecular weight is 484 g/mol. The first kappa shape index (κ1) is 24.9. The number of rotatable bonds is 11. The molecule has 6 nitrogen and oxygen atoms in total. The normalized spacial score (nSPS) is 13.6. The van der Waals surface area contributed by atoms with Gasteiger partial charge < -0.3 is 14.3 Å². The number of alkyl halides is 2. The second kappa shape index (κ2) is 13.1. The molecule has 0 aliphatic heterocycles. The molecule has 0 aliphatic rings. The summed E-state index contributed by atoms with van der Waals surface area (Å²) >= 11 is 6.32. The number of ether oxygens (including phenoxy) is 2. The molecule has 3 atom stereocenters. The first-order valence-electron chi connectivity index (χ1n) is 10.5. The molecule has 8 heteroatoms. The molecule has 0 spiro atoms. The summed E-state index contributed by atoms with van der Waals surface area (Å²) in [5.41, 5.74) is 1.39. The Hall–Kier alpha value is -3.71. The molecular weight excluding hydrogens is 461 g/mol. The zero-order chi connectivity index (χ0) is 24.2. The van der Waals surface area contributed by atoms with E-state index in [0.29, 0.717) is 5.56 Å². The zero-order valence-corrected chi connectivity index (χ0v) is 18.9. The van der Waals surface area contributed by atoms with Crippen LogP contribution in [0.3, 0.4) is 0 Å². The highest BCUT2D eigenvalue weighted by atomic mass is 35.5. The molecule has 0 bridgehead atoms. The molecule has 0 radical (unpaired) electrons. The van der Waals surface area contributed by atoms with E-state index in [4.69, 9.17) is 25.9 Å². The van der Waals surface area contributed by atoms with Gasteiger partial charge in [-0.2, -0.15) is 0 Å². The van der Waals surface area contributed by atoms with Gasteiger partial charge in [-0.1, -0.05) is 71.9 Å². The maximum absolute atomic E-state index is 15.0. The molecule has 0 fully saturated rings. The van der Waals surface area contributed by atoms with Crippen molar-refractivity contribution >= 4 is 29.8 Å². The lowest BCUT2D eigenvalue weighted by molar-refractivity contribution is 0.00651. The third kappa shape index (κ3) is 7.71. The maximum atomic E-state index is 15.0. The van der Waals surface area contributed by atoms with Crippen molar-refractivity contribution in [2.45, 2.75) is 24.3 Å². The summed E-state index contributed by atoms with van der Waals surface area (Å²) in [6.07, 6.45) is -2.54. The first-order chi connectivity index (χ1) is 16.5. The number of carbonyl (C=O) groups is 2. The van der Waals surface area contributed by atoms with E-state index in [1.54, 1.807) is 48.5 Å². The van der Waals surface area contributed by atoms with Crippen molar-refractivity contribution in [2.24, 2.45) is 5.16 Å². The number of benzene rings is 3. The number of nitrogens with zero attached hydrogens (tertiary/aromatic N) is 1. The minimum Gasteiger partial charge on any atom is -0.460 e. The van der Waals surface area contributed by atoms with Gasteiger partial charge in [0.25, 0.3) is 0 Å². The molecule has 0 amide bonds. The molecule has 3 aromatic carbocycles. The second-order valence-electron chi connectivity index (χ2n) is 7.17. The summed E-state index contributed by atoms with van der Waals surface area (Å²) in [6, 6.07) is 25.6. The van der Waals surface area contributed by atoms with Gasteiger partial charge in [0.1, 0.15) is 18.6 Å². The molecule has 0 N–H and O–H groups in total. The standard InChI is InChI=1S/C26H23ClFNO5/c27-22(18-32-25(30)20-12-6-2-7-13-20)24(34-26(31)21-14-8-3-9-15-21)23(28)16-29-33-17-19-10-4-1-5-11-19/h1-16,22-24H,17-18H2/b29-16+. The predicted molar refractivity (Wildman–Crippen MR) is 127 cm³/mol. The van der Waals surface area contributed by atoms with Crippen LogP contribution in [0.25, 0.3) is 0 Å². The summed E-state index contributed by atoms with van der Waals surface area (Å²) in [7, 11) is 0. The van der Waals surface area contributed by atoms with E-state index in [0.717, 1.165) is 11.8 Å². The van der Waals surface area contributed by atoms with Gasteiger partial charge in [-0.25, -0.2) is 14.0 Å². The van der Waals surface area contributed by atoms with Gasteiger partial charge in [0.05, 0.1) is 17.3 Å². The number of esters is 2. The Kier molecular flexibility index (Phi) is 9.61. The highest BCUT2D eigenvalue weighted by Crippen LogP contribution is 2.18. The lowest BCUT2D eigenvalue weighted by Gasteiger charge is -2.23. The molecule has 0 saturated heterocycles. The number of carbonyl (C=O) groups excluding carboxylic acids is 2. The van der Waals surface area contributed by atoms with Crippen molar-refractivity contribution in [3.8, 4) is 0 Å². The summed E-state index contributed by atoms with van der Waals surface area (Å²) in [5.74, 6) is -1.40. The minimum absolute atomic E-state index is 0.136. The van der Waals surface area contributed by atoms with Gasteiger partial charge in [-0.15, -0.1) is 11.6 Å². The number of hydrogen-bond donors (Lipinski definition) is 0. The van der Waals surface area contributed by atoms with E-state index in [2.05, 4.69) is 5.16 Å². The maximum Gasteiger partial charge on any atom is 0.338 e. The Morgan fingerprint density at radius 2 is 1.38 bits per heavy atom. The average Bonchev–Trinajstić information content (AvgIpc) is 2.89. The third-order valence-corrected chi connectivity index (χ3v) is 5.03. The summed E-state index contributed by atoms with van der Waals surface area (Å²) in [6.45, 7) is -0.251. The Balaban J connectivity index is 1.64. The van der Waals surface area contributed by atoms with Crippen LogP contribution >= 0.6 is 11.6 Å². The van der Waals surface area contributed by atoms with Crippen molar-refractivity contribution in [1.29, 1.82) is 0 Å². The Morgan fingerprint density at radius 3 is 1.97 bits per heavy atom. The van der Waals surface area contributed by atoms with Crippen LogP contribution in [0.4, 0.5) is 4.39 Å². The molecule has 3 unspecified atom stereocenters. The molecule has 3 rings (SSSR count). The van der Waals surface area contributed by atoms with Crippen LogP contribution in [0.1, 0.15) is 26.3 Å². The molecule has 0 heterocycles. The lowest BCUT2D eigenvalue weighted by Crippen LogP contribution is -2.40. The van der Waals surface area contributed by atoms with Gasteiger partial charge in [0.2, 0.25) is 0 Å². The Morgan fingerprint density at radius 1 is 0.853 bits per heavy atom. The molecule has 0 aliphatic carbocycles. The number of oxime groups is 1. The van der Waals surface area contributed by atoms with E-state index >= 15 is 4.39 Å². The zero-order valence-electron chi connectivity index (χ0n) is 18.1. The van der Waals surface area contributed by atoms with Crippen LogP contribution in [0.2, 0.25) is 0 Å². The van der Waals surface area contributed by atoms with Crippen LogP contribution in [0.5, 0.6) is 0 Å². The van der Waals surface area contributed by atoms with Crippen LogP contribution in [-0.2, 0) is 20.9 Å². The fourth-order valence-corrected chi connectivity index (χ4v) is 3.14. The summed E-state index contributed by atoms with van der Waals surface area (Å²) in [5, 5.41) is 2.45. The molecule has 176 valence electrons. The van der Waals surface area contributed by atoms with Crippen LogP contribution in [-0.4, -0.2) is 42.4 Å². The van der Waals surface area contributed by atoms with Crippen molar-refractivity contribution in [2.75, 3.05) is 6.61 Å². The van der Waals surface area contributed by atoms with Gasteiger partial charge in [-0.05, 0) is 29.8 Å². The van der Waals surface area contributed by atoms with Crippen LogP contribution in [0, 0.1) is 0 Å². The predicted octanol–water partition coefficient (Wildman–Crippen LogP) is 5.22. The van der Waals surface area contributed by atoms with E-state index in [1.807, 2.05) is 30.3 Å². The quantitative estimate of drug-likeness (QED) is 0.162. The van der Waals surface area contributed by atoms with Crippen molar-refractivity contribution in [3.63, 3.8) is 0 Å². The third-order valence-electron chi connectivity index (χ3n) is 4.66. The van der Waals surface area contributed by atoms with Gasteiger partial charge in [-0.3, -0.25) is 0 Å². The molecule has 3 aromatic rings. The monoisotopic (exact) mass is 483 g/mol. The van der Waals surface area contributed by atoms with Gasteiger partial charge in [0, 0.05) is 0 Å². The highest BCUT2D eigenvalue weighted by Gasteiger charge is 2.33. The van der Waals surface area contributed by atoms with Crippen molar-refractivity contribution in [3.05, 3.63) is 108 Å². The van der Waals surface area contributed by atoms with Gasteiger partial charge >= 0.3 is 11.9 Å². The van der Waals surface area contributed by atoms with E-state index in [1.165, 1.54) is 12.1 Å². The molecular formula is C26H23ClFNO5. The fraction of sp³-hybridized carbons (Fsp3) is 0.192. The molecule has 0 saturated carbocycles. The van der Waals surface area contributed by atoms with E-state index in [9.17, 15) is 9.59 Å². The summed E-state index contributed by atoms with van der Waals surface area (Å²) in [4.78, 5) is 29.8. The van der Waals surface area contributed by atoms with E-state index in [-0.39, 0.29) is 18.8 Å². The van der Waals surface area contributed by atoms with Crippen molar-refractivity contribution in [1.82, 2.24) is 0 Å². The van der Waals surface area contributed by atoms with E-state index < -0.39 is 29.6 Å². The van der Waals surface area contributed by atoms with Gasteiger partial charge in [0.15, 0.2) is 12.3 Å². The molecule has 0 aromatic heterocycles. The number of halogens is 2. The summed E-state index contributed by atoms with van der Waals surface area (Å²) < 4.78 is 25.6. The lowest BCUT2D eigenvalue weighted by atomic mass is 10.1. The SMILES string of the molecule is O=C(OCC(Cl)C(OC(=O)c1ccccc1)C(F)/C=N/OCc1ccccc1)c1ccccc1. The van der Waals surface area contributed by atoms with Crippen LogP contribution < -0.4 is 0 Å². The Labute approximate surface area is 201 Å². The Bertz CT molecular complexity index is 1070. The first-order valence-corrected chi connectivity index (χ1v) is 10.9. The largest absolute Gasteiger partial charge is 0.460 e. The van der Waals surface area contributed by atoms with Crippen molar-refractivity contribution < 1.29 is 28.3 Å².